The van der Waals surface area contributed by atoms with Crippen molar-refractivity contribution in [2.45, 2.75) is 19.9 Å². The molecule has 0 aliphatic rings. The van der Waals surface area contributed by atoms with Crippen molar-refractivity contribution < 1.29 is 9.60 Å². The van der Waals surface area contributed by atoms with Crippen LogP contribution in [0.3, 0.4) is 0 Å². The van der Waals surface area contributed by atoms with Gasteiger partial charge in [0.05, 0.1) is 0 Å². The average molecular weight is 225 g/mol. The van der Waals surface area contributed by atoms with Gasteiger partial charge < -0.3 is 16.3 Å². The first-order valence-corrected chi connectivity index (χ1v) is 5.15. The Hall–Kier alpha value is -1.62. The number of nitrogens with two attached hydrogens (primary N) is 1. The molecule has 4 N–H and O–H groups in total. The maximum absolute atomic E-state index is 13.2. The topological polar surface area (TPSA) is 70.6 Å². The highest BCUT2D eigenvalue weighted by atomic mass is 19.1. The zero-order valence-electron chi connectivity index (χ0n) is 9.20. The molecule has 0 saturated carbocycles. The summed E-state index contributed by atoms with van der Waals surface area (Å²) in [5, 5.41) is 14.5. The van der Waals surface area contributed by atoms with Crippen molar-refractivity contribution in [3.05, 3.63) is 35.1 Å². The van der Waals surface area contributed by atoms with Crippen LogP contribution in [0.2, 0.25) is 0 Å². The molecule has 0 saturated heterocycles. The van der Waals surface area contributed by atoms with Crippen molar-refractivity contribution in [1.29, 1.82) is 0 Å². The number of halogens is 1. The predicted octanol–water partition coefficient (Wildman–Crippen LogP) is 1.42. The zero-order chi connectivity index (χ0) is 12.0. The minimum Gasteiger partial charge on any atom is -0.409 e. The standard InChI is InChI=1S/C11H16FN3O/c1-2-3-14-7-8-4-9(11(13)15-16)6-10(12)5-8/h4-6,14,16H,2-3,7H2,1H3,(H2,13,15). The van der Waals surface area contributed by atoms with Crippen molar-refractivity contribution in [3.63, 3.8) is 0 Å². The summed E-state index contributed by atoms with van der Waals surface area (Å²) in [4.78, 5) is 0. The van der Waals surface area contributed by atoms with Crippen LogP contribution in [0.5, 0.6) is 0 Å². The summed E-state index contributed by atoms with van der Waals surface area (Å²) in [7, 11) is 0. The van der Waals surface area contributed by atoms with Gasteiger partial charge in [-0.05, 0) is 36.7 Å². The summed E-state index contributed by atoms with van der Waals surface area (Å²) < 4.78 is 13.2. The second-order valence-corrected chi connectivity index (χ2v) is 3.51. The fraction of sp³-hybridized carbons (Fsp3) is 0.364. The van der Waals surface area contributed by atoms with Crippen LogP contribution in [-0.2, 0) is 6.54 Å². The number of hydrogen-bond acceptors (Lipinski definition) is 3. The van der Waals surface area contributed by atoms with Gasteiger partial charge in [-0.2, -0.15) is 0 Å². The van der Waals surface area contributed by atoms with Gasteiger partial charge in [0.2, 0.25) is 0 Å². The molecule has 0 heterocycles. The van der Waals surface area contributed by atoms with Gasteiger partial charge in [-0.1, -0.05) is 12.1 Å². The van der Waals surface area contributed by atoms with Gasteiger partial charge in [0.25, 0.3) is 0 Å². The van der Waals surface area contributed by atoms with Crippen molar-refractivity contribution >= 4 is 5.84 Å². The highest BCUT2D eigenvalue weighted by molar-refractivity contribution is 5.97. The molecule has 0 spiro atoms. The summed E-state index contributed by atoms with van der Waals surface area (Å²) in [6.45, 7) is 3.49. The lowest BCUT2D eigenvalue weighted by atomic mass is 10.1. The summed E-state index contributed by atoms with van der Waals surface area (Å²) in [5.74, 6) is -0.478. The first-order chi connectivity index (χ1) is 7.67. The van der Waals surface area contributed by atoms with E-state index in [0.717, 1.165) is 18.5 Å². The first-order valence-electron chi connectivity index (χ1n) is 5.15. The summed E-state index contributed by atoms with van der Waals surface area (Å²) in [6, 6.07) is 4.36. The molecule has 1 aromatic rings. The zero-order valence-corrected chi connectivity index (χ0v) is 9.20. The number of oxime groups is 1. The lowest BCUT2D eigenvalue weighted by molar-refractivity contribution is 0.318. The number of amidine groups is 1. The van der Waals surface area contributed by atoms with Gasteiger partial charge in [-0.3, -0.25) is 0 Å². The first kappa shape index (κ1) is 12.4. The Bertz CT molecular complexity index is 379. The van der Waals surface area contributed by atoms with Crippen LogP contribution in [0.4, 0.5) is 4.39 Å². The molecule has 0 aliphatic heterocycles. The van der Waals surface area contributed by atoms with E-state index in [1.807, 2.05) is 0 Å². The van der Waals surface area contributed by atoms with Crippen molar-refractivity contribution in [1.82, 2.24) is 5.32 Å². The monoisotopic (exact) mass is 225 g/mol. The van der Waals surface area contributed by atoms with E-state index in [1.54, 1.807) is 6.07 Å². The summed E-state index contributed by atoms with van der Waals surface area (Å²) in [5.41, 5.74) is 6.56. The Kier molecular flexibility index (Phi) is 4.72. The fourth-order valence-corrected chi connectivity index (χ4v) is 1.37. The number of benzene rings is 1. The van der Waals surface area contributed by atoms with E-state index in [0.29, 0.717) is 12.1 Å². The third-order valence-corrected chi connectivity index (χ3v) is 2.12. The van der Waals surface area contributed by atoms with E-state index in [2.05, 4.69) is 17.4 Å². The molecular weight excluding hydrogens is 209 g/mol. The van der Waals surface area contributed by atoms with Crippen LogP contribution >= 0.6 is 0 Å². The molecule has 0 fully saturated rings. The molecule has 0 amide bonds. The molecule has 5 heteroatoms. The van der Waals surface area contributed by atoms with E-state index >= 15 is 0 Å². The Morgan fingerprint density at radius 1 is 1.50 bits per heavy atom. The van der Waals surface area contributed by atoms with Crippen molar-refractivity contribution in [2.75, 3.05) is 6.54 Å². The van der Waals surface area contributed by atoms with Crippen molar-refractivity contribution in [3.8, 4) is 0 Å². The molecule has 4 nitrogen and oxygen atoms in total. The van der Waals surface area contributed by atoms with Gasteiger partial charge >= 0.3 is 0 Å². The van der Waals surface area contributed by atoms with Crippen LogP contribution < -0.4 is 11.1 Å². The van der Waals surface area contributed by atoms with Gasteiger partial charge in [0.15, 0.2) is 5.84 Å². The number of nitrogens with one attached hydrogen (secondary N) is 1. The molecule has 16 heavy (non-hydrogen) atoms. The second kappa shape index (κ2) is 6.07. The van der Waals surface area contributed by atoms with E-state index in [4.69, 9.17) is 10.9 Å². The lowest BCUT2D eigenvalue weighted by Crippen LogP contribution is -2.17. The quantitative estimate of drug-likeness (QED) is 0.233. The molecule has 1 rings (SSSR count). The molecule has 88 valence electrons. The summed E-state index contributed by atoms with van der Waals surface area (Å²) >= 11 is 0. The maximum Gasteiger partial charge on any atom is 0.170 e. The third kappa shape index (κ3) is 3.51. The van der Waals surface area contributed by atoms with Crippen LogP contribution in [0.15, 0.2) is 23.4 Å². The largest absolute Gasteiger partial charge is 0.409 e. The molecular formula is C11H16FN3O. The SMILES string of the molecule is CCCNCc1cc(F)cc(/C(N)=N/O)c1. The average Bonchev–Trinajstić information content (AvgIpc) is 2.27. The van der Waals surface area contributed by atoms with E-state index in [1.165, 1.54) is 12.1 Å². The maximum atomic E-state index is 13.2. The lowest BCUT2D eigenvalue weighted by Gasteiger charge is -2.06. The number of rotatable bonds is 5. The molecule has 0 radical (unpaired) electrons. The Morgan fingerprint density at radius 3 is 2.88 bits per heavy atom. The van der Waals surface area contributed by atoms with Gasteiger partial charge in [-0.25, -0.2) is 4.39 Å². The Morgan fingerprint density at radius 2 is 2.25 bits per heavy atom. The highest BCUT2D eigenvalue weighted by Crippen LogP contribution is 2.09. The fourth-order valence-electron chi connectivity index (χ4n) is 1.37. The third-order valence-electron chi connectivity index (χ3n) is 2.12. The van der Waals surface area contributed by atoms with Gasteiger partial charge in [-0.15, -0.1) is 0 Å². The molecule has 0 atom stereocenters. The molecule has 0 unspecified atom stereocenters. The van der Waals surface area contributed by atoms with Crippen LogP contribution in [0.1, 0.15) is 24.5 Å². The second-order valence-electron chi connectivity index (χ2n) is 3.51. The molecule has 0 aliphatic carbocycles. The Labute approximate surface area is 94.0 Å². The van der Waals surface area contributed by atoms with Crippen molar-refractivity contribution in [2.24, 2.45) is 10.9 Å². The van der Waals surface area contributed by atoms with Gasteiger partial charge in [0, 0.05) is 12.1 Å². The molecule has 1 aromatic carbocycles. The molecule has 0 bridgehead atoms. The van der Waals surface area contributed by atoms with Crippen LogP contribution in [-0.4, -0.2) is 17.6 Å². The summed E-state index contributed by atoms with van der Waals surface area (Å²) in [6.07, 6.45) is 1.02. The van der Waals surface area contributed by atoms with E-state index < -0.39 is 5.82 Å². The normalized spacial score (nSPS) is 11.8. The smallest absolute Gasteiger partial charge is 0.170 e. The molecule has 0 aromatic heterocycles. The van der Waals surface area contributed by atoms with E-state index in [9.17, 15) is 4.39 Å². The van der Waals surface area contributed by atoms with E-state index in [-0.39, 0.29) is 5.84 Å². The number of nitrogens with zero attached hydrogens (tertiary/aromatic N) is 1. The van der Waals surface area contributed by atoms with Gasteiger partial charge in [0.1, 0.15) is 5.82 Å². The van der Waals surface area contributed by atoms with Crippen LogP contribution in [0, 0.1) is 5.82 Å². The predicted molar refractivity (Wildman–Crippen MR) is 60.9 cm³/mol. The highest BCUT2D eigenvalue weighted by Gasteiger charge is 2.04. The minimum absolute atomic E-state index is 0.0868. The Balaban J connectivity index is 2.82. The number of hydrogen-bond donors (Lipinski definition) is 3. The minimum atomic E-state index is -0.391. The van der Waals surface area contributed by atoms with Crippen LogP contribution in [0.25, 0.3) is 0 Å².